The molecule has 1 aromatic carbocycles. The van der Waals surface area contributed by atoms with E-state index < -0.39 is 0 Å². The third-order valence-electron chi connectivity index (χ3n) is 7.53. The van der Waals surface area contributed by atoms with Gasteiger partial charge in [0.05, 0.1) is 12.1 Å². The van der Waals surface area contributed by atoms with Crippen molar-refractivity contribution in [2.75, 3.05) is 0 Å². The molecule has 4 bridgehead atoms. The highest BCUT2D eigenvalue weighted by atomic mass is 16.3. The number of rotatable bonds is 4. The van der Waals surface area contributed by atoms with Gasteiger partial charge < -0.3 is 15.0 Å². The lowest BCUT2D eigenvalue weighted by Crippen LogP contribution is -2.66. The summed E-state index contributed by atoms with van der Waals surface area (Å²) >= 11 is 0. The molecule has 2 aliphatic carbocycles. The van der Waals surface area contributed by atoms with Crippen LogP contribution in [0.15, 0.2) is 30.5 Å². The number of para-hydroxylation sites is 1. The van der Waals surface area contributed by atoms with Crippen LogP contribution in [-0.2, 0) is 4.79 Å². The number of aliphatic hydroxyl groups is 1. The molecule has 4 aliphatic rings. The first-order valence-corrected chi connectivity index (χ1v) is 10.6. The standard InChI is InChI=1S/C23H30N2O2/c1-13(2)18(19-12-24-20-6-4-3-5-17(19)20)11-22(26)25-16-8-14-7-15(10-16)23(27)21(25)9-14/h3-6,12-16,18,21,23-24,27H,7-11H2,1-2H3. The largest absolute Gasteiger partial charge is 0.391 e. The molecular formula is C23H30N2O2. The number of aliphatic hydroxyl groups excluding tert-OH is 1. The van der Waals surface area contributed by atoms with Crippen LogP contribution in [0.4, 0.5) is 0 Å². The highest BCUT2D eigenvalue weighted by Gasteiger charge is 2.53. The number of nitrogens with zero attached hydrogens (tertiary/aromatic N) is 1. The molecule has 27 heavy (non-hydrogen) atoms. The van der Waals surface area contributed by atoms with Crippen molar-refractivity contribution in [2.24, 2.45) is 17.8 Å². The normalized spacial score (nSPS) is 33.2. The zero-order valence-corrected chi connectivity index (χ0v) is 16.3. The van der Waals surface area contributed by atoms with Gasteiger partial charge in [0.15, 0.2) is 0 Å². The summed E-state index contributed by atoms with van der Waals surface area (Å²) in [5.41, 5.74) is 2.38. The molecule has 6 rings (SSSR count). The predicted octanol–water partition coefficient (Wildman–Crippen LogP) is 4.06. The molecular weight excluding hydrogens is 336 g/mol. The van der Waals surface area contributed by atoms with Crippen LogP contribution in [0, 0.1) is 17.8 Å². The highest BCUT2D eigenvalue weighted by molar-refractivity contribution is 5.85. The lowest BCUT2D eigenvalue weighted by molar-refractivity contribution is -0.168. The van der Waals surface area contributed by atoms with Crippen molar-refractivity contribution >= 4 is 16.8 Å². The Labute approximate surface area is 160 Å². The third-order valence-corrected chi connectivity index (χ3v) is 7.53. The second-order valence-electron chi connectivity index (χ2n) is 9.43. The molecule has 1 amide bonds. The fraction of sp³-hybridized carbons (Fsp3) is 0.609. The molecule has 1 aromatic heterocycles. The fourth-order valence-corrected chi connectivity index (χ4v) is 6.28. The van der Waals surface area contributed by atoms with Gasteiger partial charge in [0.2, 0.25) is 5.91 Å². The van der Waals surface area contributed by atoms with Gasteiger partial charge >= 0.3 is 0 Å². The van der Waals surface area contributed by atoms with E-state index >= 15 is 0 Å². The minimum absolute atomic E-state index is 0.0598. The highest BCUT2D eigenvalue weighted by Crippen LogP contribution is 2.50. The average Bonchev–Trinajstić information content (AvgIpc) is 3.07. The number of fused-ring (bicyclic) bond motifs is 1. The smallest absolute Gasteiger partial charge is 0.223 e. The molecule has 2 N–H and O–H groups in total. The summed E-state index contributed by atoms with van der Waals surface area (Å²) in [6, 6.07) is 8.77. The number of H-pyrrole nitrogens is 1. The molecule has 6 unspecified atom stereocenters. The maximum atomic E-state index is 13.4. The Balaban J connectivity index is 1.41. The van der Waals surface area contributed by atoms with Crippen molar-refractivity contribution in [3.63, 3.8) is 0 Å². The van der Waals surface area contributed by atoms with E-state index in [-0.39, 0.29) is 24.0 Å². The number of carbonyl (C=O) groups is 1. The molecule has 4 heteroatoms. The van der Waals surface area contributed by atoms with Crippen LogP contribution in [0.5, 0.6) is 0 Å². The summed E-state index contributed by atoms with van der Waals surface area (Å²) in [4.78, 5) is 18.9. The minimum Gasteiger partial charge on any atom is -0.391 e. The number of benzene rings is 1. The first kappa shape index (κ1) is 17.3. The minimum atomic E-state index is -0.313. The van der Waals surface area contributed by atoms with E-state index in [4.69, 9.17) is 0 Å². The van der Waals surface area contributed by atoms with Crippen LogP contribution in [0.1, 0.15) is 57.4 Å². The van der Waals surface area contributed by atoms with Gasteiger partial charge in [-0.25, -0.2) is 0 Å². The maximum Gasteiger partial charge on any atom is 0.223 e. The van der Waals surface area contributed by atoms with E-state index in [1.165, 1.54) is 17.4 Å². The lowest BCUT2D eigenvalue weighted by Gasteiger charge is -2.58. The van der Waals surface area contributed by atoms with Crippen LogP contribution < -0.4 is 0 Å². The quantitative estimate of drug-likeness (QED) is 0.857. The number of carbonyl (C=O) groups excluding carboxylic acids is 1. The first-order chi connectivity index (χ1) is 13.0. The Morgan fingerprint density at radius 3 is 2.85 bits per heavy atom. The van der Waals surface area contributed by atoms with Gasteiger partial charge in [-0.2, -0.15) is 0 Å². The molecule has 0 radical (unpaired) electrons. The van der Waals surface area contributed by atoms with Gasteiger partial charge in [0.1, 0.15) is 0 Å². The van der Waals surface area contributed by atoms with Crippen molar-refractivity contribution in [3.05, 3.63) is 36.0 Å². The summed E-state index contributed by atoms with van der Waals surface area (Å²) in [6.07, 6.45) is 6.62. The van der Waals surface area contributed by atoms with E-state index in [0.29, 0.717) is 24.3 Å². The fourth-order valence-electron chi connectivity index (χ4n) is 6.28. The van der Waals surface area contributed by atoms with Gasteiger partial charge in [0, 0.05) is 29.6 Å². The number of amides is 1. The molecule has 2 aliphatic heterocycles. The number of hydrogen-bond acceptors (Lipinski definition) is 2. The average molecular weight is 367 g/mol. The van der Waals surface area contributed by atoms with E-state index in [0.717, 1.165) is 30.7 Å². The Kier molecular flexibility index (Phi) is 4.08. The number of nitrogens with one attached hydrogen (secondary N) is 1. The molecule has 2 aromatic rings. The molecule has 4 nitrogen and oxygen atoms in total. The molecule has 144 valence electrons. The summed E-state index contributed by atoms with van der Waals surface area (Å²) in [6.45, 7) is 4.42. The van der Waals surface area contributed by atoms with Crippen LogP contribution in [0.2, 0.25) is 0 Å². The Morgan fingerprint density at radius 2 is 2.04 bits per heavy atom. The van der Waals surface area contributed by atoms with Gasteiger partial charge in [-0.15, -0.1) is 0 Å². The Hall–Kier alpha value is -1.81. The van der Waals surface area contributed by atoms with E-state index in [2.05, 4.69) is 48.1 Å². The van der Waals surface area contributed by atoms with Crippen molar-refractivity contribution in [2.45, 2.75) is 70.1 Å². The third kappa shape index (κ3) is 2.72. The topological polar surface area (TPSA) is 56.3 Å². The van der Waals surface area contributed by atoms with Crippen LogP contribution in [0.25, 0.3) is 10.9 Å². The number of aromatic nitrogens is 1. The van der Waals surface area contributed by atoms with Crippen molar-refractivity contribution < 1.29 is 9.90 Å². The Morgan fingerprint density at radius 1 is 1.22 bits per heavy atom. The van der Waals surface area contributed by atoms with Gasteiger partial charge in [-0.3, -0.25) is 4.79 Å². The van der Waals surface area contributed by atoms with Gasteiger partial charge in [-0.05, 0) is 61.0 Å². The van der Waals surface area contributed by atoms with Crippen LogP contribution >= 0.6 is 0 Å². The molecule has 6 atom stereocenters. The van der Waals surface area contributed by atoms with E-state index in [9.17, 15) is 9.90 Å². The zero-order valence-electron chi connectivity index (χ0n) is 16.3. The van der Waals surface area contributed by atoms with Gasteiger partial charge in [0.25, 0.3) is 0 Å². The SMILES string of the molecule is CC(C)C(CC(=O)N1C2CC3CC(C2)C(O)C1C3)c1c[nH]c2ccccc12. The Bertz CT molecular complexity index is 857. The number of piperidine rings is 2. The lowest BCUT2D eigenvalue weighted by atomic mass is 9.62. The molecule has 3 heterocycles. The predicted molar refractivity (Wildman–Crippen MR) is 106 cm³/mol. The maximum absolute atomic E-state index is 13.4. The number of aromatic amines is 1. The molecule has 2 saturated carbocycles. The first-order valence-electron chi connectivity index (χ1n) is 10.6. The zero-order chi connectivity index (χ0) is 18.7. The van der Waals surface area contributed by atoms with Crippen molar-refractivity contribution in [3.8, 4) is 0 Å². The van der Waals surface area contributed by atoms with Crippen molar-refractivity contribution in [1.82, 2.24) is 9.88 Å². The van der Waals surface area contributed by atoms with E-state index in [1.54, 1.807) is 0 Å². The summed E-state index contributed by atoms with van der Waals surface area (Å²) in [5, 5.41) is 11.9. The van der Waals surface area contributed by atoms with Crippen molar-refractivity contribution in [1.29, 1.82) is 0 Å². The monoisotopic (exact) mass is 366 g/mol. The molecule has 2 saturated heterocycles. The summed E-state index contributed by atoms with van der Waals surface area (Å²) in [5.74, 6) is 1.97. The van der Waals surface area contributed by atoms with Gasteiger partial charge in [-0.1, -0.05) is 32.0 Å². The second kappa shape index (κ2) is 6.37. The molecule has 4 fully saturated rings. The second-order valence-corrected chi connectivity index (χ2v) is 9.43. The summed E-state index contributed by atoms with van der Waals surface area (Å²) < 4.78 is 0. The van der Waals surface area contributed by atoms with Crippen LogP contribution in [-0.4, -0.2) is 39.1 Å². The molecule has 0 spiro atoms. The number of hydrogen-bond donors (Lipinski definition) is 2. The van der Waals surface area contributed by atoms with Crippen LogP contribution in [0.3, 0.4) is 0 Å². The summed E-state index contributed by atoms with van der Waals surface area (Å²) in [7, 11) is 0. The van der Waals surface area contributed by atoms with E-state index in [1.807, 2.05) is 6.07 Å².